The van der Waals surface area contributed by atoms with Crippen LogP contribution in [0, 0.1) is 11.8 Å². The SMILES string of the molecule is CCC1CCC(NCC(C)C)(C(N)=O)C1. The first-order valence-corrected chi connectivity index (χ1v) is 6.05. The van der Waals surface area contributed by atoms with Crippen LogP contribution in [0.5, 0.6) is 0 Å². The molecule has 15 heavy (non-hydrogen) atoms. The maximum absolute atomic E-state index is 11.6. The van der Waals surface area contributed by atoms with Crippen molar-refractivity contribution in [2.45, 2.75) is 52.0 Å². The second-order valence-electron chi connectivity index (χ2n) is 5.24. The molecular weight excluding hydrogens is 188 g/mol. The number of carbonyl (C=O) groups is 1. The van der Waals surface area contributed by atoms with Gasteiger partial charge < -0.3 is 11.1 Å². The summed E-state index contributed by atoms with van der Waals surface area (Å²) in [6, 6.07) is 0. The quantitative estimate of drug-likeness (QED) is 0.728. The standard InChI is InChI=1S/C12H24N2O/c1-4-10-5-6-12(7-10,11(13)15)14-8-9(2)3/h9-10,14H,4-8H2,1-3H3,(H2,13,15). The van der Waals surface area contributed by atoms with Crippen LogP contribution in [0.3, 0.4) is 0 Å². The van der Waals surface area contributed by atoms with Gasteiger partial charge in [-0.1, -0.05) is 27.2 Å². The first-order chi connectivity index (χ1) is 7.00. The fourth-order valence-electron chi connectivity index (χ4n) is 2.37. The molecule has 1 saturated carbocycles. The van der Waals surface area contributed by atoms with Crippen LogP contribution in [0.15, 0.2) is 0 Å². The van der Waals surface area contributed by atoms with Gasteiger partial charge in [0.25, 0.3) is 0 Å². The summed E-state index contributed by atoms with van der Waals surface area (Å²) < 4.78 is 0. The van der Waals surface area contributed by atoms with Gasteiger partial charge in [-0.15, -0.1) is 0 Å². The molecule has 0 radical (unpaired) electrons. The fraction of sp³-hybridized carbons (Fsp3) is 0.917. The van der Waals surface area contributed by atoms with Gasteiger partial charge in [0, 0.05) is 0 Å². The minimum absolute atomic E-state index is 0.167. The molecule has 3 nitrogen and oxygen atoms in total. The van der Waals surface area contributed by atoms with E-state index in [1.807, 2.05) is 0 Å². The third kappa shape index (κ3) is 2.94. The number of nitrogens with one attached hydrogen (secondary N) is 1. The molecule has 0 bridgehead atoms. The van der Waals surface area contributed by atoms with Crippen LogP contribution in [0.4, 0.5) is 0 Å². The van der Waals surface area contributed by atoms with Crippen molar-refractivity contribution in [1.29, 1.82) is 0 Å². The smallest absolute Gasteiger partial charge is 0.237 e. The van der Waals surface area contributed by atoms with E-state index in [-0.39, 0.29) is 5.91 Å². The Bertz CT molecular complexity index is 228. The molecule has 1 aliphatic rings. The number of hydrogen-bond acceptors (Lipinski definition) is 2. The van der Waals surface area contributed by atoms with Gasteiger partial charge in [0.05, 0.1) is 5.54 Å². The van der Waals surface area contributed by atoms with Gasteiger partial charge in [0.2, 0.25) is 5.91 Å². The van der Waals surface area contributed by atoms with Gasteiger partial charge in [-0.3, -0.25) is 4.79 Å². The Morgan fingerprint density at radius 2 is 2.27 bits per heavy atom. The lowest BCUT2D eigenvalue weighted by atomic mass is 9.93. The van der Waals surface area contributed by atoms with Crippen molar-refractivity contribution >= 4 is 5.91 Å². The van der Waals surface area contributed by atoms with E-state index in [1.165, 1.54) is 0 Å². The number of primary amides is 1. The monoisotopic (exact) mass is 212 g/mol. The molecule has 1 amide bonds. The lowest BCUT2D eigenvalue weighted by Crippen LogP contribution is -2.54. The average molecular weight is 212 g/mol. The van der Waals surface area contributed by atoms with Crippen molar-refractivity contribution in [3.8, 4) is 0 Å². The maximum Gasteiger partial charge on any atom is 0.237 e. The van der Waals surface area contributed by atoms with Crippen molar-refractivity contribution in [2.24, 2.45) is 17.6 Å². The fourth-order valence-corrected chi connectivity index (χ4v) is 2.37. The zero-order valence-electron chi connectivity index (χ0n) is 10.2. The number of amides is 1. The van der Waals surface area contributed by atoms with E-state index in [0.717, 1.165) is 32.2 Å². The van der Waals surface area contributed by atoms with E-state index >= 15 is 0 Å². The van der Waals surface area contributed by atoms with Crippen LogP contribution in [-0.4, -0.2) is 18.0 Å². The third-order valence-corrected chi connectivity index (χ3v) is 3.51. The van der Waals surface area contributed by atoms with Crippen molar-refractivity contribution in [3.63, 3.8) is 0 Å². The number of hydrogen-bond donors (Lipinski definition) is 2. The Kier molecular flexibility index (Phi) is 4.14. The zero-order chi connectivity index (χ0) is 11.5. The maximum atomic E-state index is 11.6. The number of nitrogens with two attached hydrogens (primary N) is 1. The molecule has 0 heterocycles. The minimum atomic E-state index is -0.412. The molecular formula is C12H24N2O. The Hall–Kier alpha value is -0.570. The Labute approximate surface area is 92.8 Å². The first-order valence-electron chi connectivity index (χ1n) is 6.05. The van der Waals surface area contributed by atoms with Crippen LogP contribution in [0.2, 0.25) is 0 Å². The molecule has 0 saturated heterocycles. The van der Waals surface area contributed by atoms with Gasteiger partial charge in [0.15, 0.2) is 0 Å². The first kappa shape index (κ1) is 12.5. The highest BCUT2D eigenvalue weighted by atomic mass is 16.1. The van der Waals surface area contributed by atoms with E-state index in [2.05, 4.69) is 26.1 Å². The molecule has 1 fully saturated rings. The van der Waals surface area contributed by atoms with Crippen molar-refractivity contribution in [1.82, 2.24) is 5.32 Å². The summed E-state index contributed by atoms with van der Waals surface area (Å²) in [6.07, 6.45) is 4.11. The summed E-state index contributed by atoms with van der Waals surface area (Å²) in [7, 11) is 0. The third-order valence-electron chi connectivity index (χ3n) is 3.51. The molecule has 0 aliphatic heterocycles. The molecule has 3 heteroatoms. The molecule has 0 aromatic carbocycles. The normalized spacial score (nSPS) is 31.1. The van der Waals surface area contributed by atoms with Crippen molar-refractivity contribution in [3.05, 3.63) is 0 Å². The summed E-state index contributed by atoms with van der Waals surface area (Å²) in [4.78, 5) is 11.6. The van der Waals surface area contributed by atoms with Crippen LogP contribution < -0.4 is 11.1 Å². The van der Waals surface area contributed by atoms with Gasteiger partial charge in [-0.2, -0.15) is 0 Å². The predicted octanol–water partition coefficient (Wildman–Crippen LogP) is 1.67. The topological polar surface area (TPSA) is 55.1 Å². The van der Waals surface area contributed by atoms with Gasteiger partial charge in [-0.05, 0) is 37.6 Å². The highest BCUT2D eigenvalue weighted by Crippen LogP contribution is 2.36. The number of carbonyl (C=O) groups excluding carboxylic acids is 1. The molecule has 2 atom stereocenters. The van der Waals surface area contributed by atoms with Gasteiger partial charge in [-0.25, -0.2) is 0 Å². The van der Waals surface area contributed by atoms with Crippen molar-refractivity contribution < 1.29 is 4.79 Å². The average Bonchev–Trinajstić information content (AvgIpc) is 2.59. The second kappa shape index (κ2) is 4.97. The summed E-state index contributed by atoms with van der Waals surface area (Å²) in [5.41, 5.74) is 5.12. The van der Waals surface area contributed by atoms with Crippen LogP contribution in [-0.2, 0) is 4.79 Å². The highest BCUT2D eigenvalue weighted by Gasteiger charge is 2.42. The van der Waals surface area contributed by atoms with E-state index in [1.54, 1.807) is 0 Å². The van der Waals surface area contributed by atoms with Crippen molar-refractivity contribution in [2.75, 3.05) is 6.54 Å². The van der Waals surface area contributed by atoms with Crippen LogP contribution in [0.25, 0.3) is 0 Å². The predicted molar refractivity (Wildman–Crippen MR) is 62.4 cm³/mol. The summed E-state index contributed by atoms with van der Waals surface area (Å²) in [6.45, 7) is 7.35. The van der Waals surface area contributed by atoms with E-state index in [9.17, 15) is 4.79 Å². The molecule has 0 aromatic heterocycles. The molecule has 2 unspecified atom stereocenters. The van der Waals surface area contributed by atoms with E-state index < -0.39 is 5.54 Å². The van der Waals surface area contributed by atoms with Gasteiger partial charge in [0.1, 0.15) is 0 Å². The Morgan fingerprint density at radius 3 is 2.67 bits per heavy atom. The Balaban J connectivity index is 2.60. The lowest BCUT2D eigenvalue weighted by Gasteiger charge is -2.28. The molecule has 0 aromatic rings. The Morgan fingerprint density at radius 1 is 1.60 bits per heavy atom. The zero-order valence-corrected chi connectivity index (χ0v) is 10.2. The second-order valence-corrected chi connectivity index (χ2v) is 5.24. The minimum Gasteiger partial charge on any atom is -0.368 e. The van der Waals surface area contributed by atoms with Crippen LogP contribution in [0.1, 0.15) is 46.5 Å². The summed E-state index contributed by atoms with van der Waals surface area (Å²) >= 11 is 0. The molecule has 0 spiro atoms. The molecule has 3 N–H and O–H groups in total. The lowest BCUT2D eigenvalue weighted by molar-refractivity contribution is -0.124. The summed E-state index contributed by atoms with van der Waals surface area (Å²) in [5, 5.41) is 3.38. The van der Waals surface area contributed by atoms with Crippen LogP contribution >= 0.6 is 0 Å². The number of rotatable bonds is 5. The molecule has 1 aliphatic carbocycles. The largest absolute Gasteiger partial charge is 0.368 e. The summed E-state index contributed by atoms with van der Waals surface area (Å²) in [5.74, 6) is 1.05. The highest BCUT2D eigenvalue weighted by molar-refractivity contribution is 5.85. The molecule has 1 rings (SSSR count). The molecule has 88 valence electrons. The van der Waals surface area contributed by atoms with E-state index in [4.69, 9.17) is 5.73 Å². The van der Waals surface area contributed by atoms with Gasteiger partial charge >= 0.3 is 0 Å². The van der Waals surface area contributed by atoms with E-state index in [0.29, 0.717) is 11.8 Å².